The number of nitrogens with one attached hydrogen (secondary N) is 1. The first-order chi connectivity index (χ1) is 10.2. The topological polar surface area (TPSA) is 38.3 Å². The highest BCUT2D eigenvalue weighted by molar-refractivity contribution is 5.96. The number of carbonyl (C=O) groups is 1. The van der Waals surface area contributed by atoms with Crippen LogP contribution in [0.15, 0.2) is 48.5 Å². The fourth-order valence-electron chi connectivity index (χ4n) is 2.55. The van der Waals surface area contributed by atoms with E-state index in [9.17, 15) is 9.18 Å². The van der Waals surface area contributed by atoms with Crippen molar-refractivity contribution in [3.8, 4) is 5.75 Å². The van der Waals surface area contributed by atoms with Crippen molar-refractivity contribution >= 4 is 11.6 Å². The van der Waals surface area contributed by atoms with Gasteiger partial charge in [0.05, 0.1) is 12.8 Å². The SMILES string of the molecule is COc1cc(F)ccc1NC(=O)C1CC1c1ccccc1. The standard InChI is InChI=1S/C17H16FNO2/c1-21-16-9-12(18)7-8-15(16)19-17(20)14-10-13(14)11-5-3-2-4-6-11/h2-9,13-14H,10H2,1H3,(H,19,20). The molecule has 3 rings (SSSR count). The fourth-order valence-corrected chi connectivity index (χ4v) is 2.55. The van der Waals surface area contributed by atoms with E-state index >= 15 is 0 Å². The molecular weight excluding hydrogens is 269 g/mol. The van der Waals surface area contributed by atoms with Gasteiger partial charge in [0.2, 0.25) is 5.91 Å². The molecule has 0 aromatic heterocycles. The highest BCUT2D eigenvalue weighted by Crippen LogP contribution is 2.48. The third kappa shape index (κ3) is 2.89. The highest BCUT2D eigenvalue weighted by Gasteiger charge is 2.43. The zero-order valence-electron chi connectivity index (χ0n) is 11.7. The van der Waals surface area contributed by atoms with Crippen LogP contribution in [0.5, 0.6) is 5.75 Å². The Morgan fingerprint density at radius 2 is 2.00 bits per heavy atom. The van der Waals surface area contributed by atoms with Gasteiger partial charge in [-0.1, -0.05) is 30.3 Å². The van der Waals surface area contributed by atoms with Gasteiger partial charge in [0.25, 0.3) is 0 Å². The number of ether oxygens (including phenoxy) is 1. The largest absolute Gasteiger partial charge is 0.494 e. The van der Waals surface area contributed by atoms with Crippen LogP contribution in [0.1, 0.15) is 17.9 Å². The van der Waals surface area contributed by atoms with E-state index in [4.69, 9.17) is 4.74 Å². The minimum absolute atomic E-state index is 0.0258. The van der Waals surface area contributed by atoms with Gasteiger partial charge >= 0.3 is 0 Å². The smallest absolute Gasteiger partial charge is 0.228 e. The number of methoxy groups -OCH3 is 1. The third-order valence-corrected chi connectivity index (χ3v) is 3.78. The summed E-state index contributed by atoms with van der Waals surface area (Å²) in [6, 6.07) is 14.1. The second-order valence-corrected chi connectivity index (χ2v) is 5.19. The molecule has 108 valence electrons. The molecule has 1 aliphatic rings. The molecule has 4 heteroatoms. The van der Waals surface area contributed by atoms with Crippen molar-refractivity contribution in [3.63, 3.8) is 0 Å². The van der Waals surface area contributed by atoms with Gasteiger partial charge in [-0.15, -0.1) is 0 Å². The summed E-state index contributed by atoms with van der Waals surface area (Å²) in [5.41, 5.74) is 1.69. The molecule has 0 saturated heterocycles. The molecule has 0 radical (unpaired) electrons. The van der Waals surface area contributed by atoms with E-state index in [1.807, 2.05) is 30.3 Å². The number of benzene rings is 2. The van der Waals surface area contributed by atoms with E-state index < -0.39 is 5.82 Å². The Hall–Kier alpha value is -2.36. The lowest BCUT2D eigenvalue weighted by Gasteiger charge is -2.10. The Morgan fingerprint density at radius 1 is 1.24 bits per heavy atom. The molecule has 3 nitrogen and oxygen atoms in total. The van der Waals surface area contributed by atoms with E-state index in [1.165, 1.54) is 30.9 Å². The molecule has 2 aromatic carbocycles. The molecule has 1 saturated carbocycles. The van der Waals surface area contributed by atoms with Crippen LogP contribution in [0.2, 0.25) is 0 Å². The van der Waals surface area contributed by atoms with Crippen LogP contribution in [-0.4, -0.2) is 13.0 Å². The quantitative estimate of drug-likeness (QED) is 0.932. The average Bonchev–Trinajstić information content (AvgIpc) is 3.30. The number of halogens is 1. The summed E-state index contributed by atoms with van der Waals surface area (Å²) in [6.07, 6.45) is 0.847. The summed E-state index contributed by atoms with van der Waals surface area (Å²) >= 11 is 0. The molecule has 1 aliphatic carbocycles. The maximum Gasteiger partial charge on any atom is 0.228 e. The highest BCUT2D eigenvalue weighted by atomic mass is 19.1. The van der Waals surface area contributed by atoms with Crippen molar-refractivity contribution in [2.45, 2.75) is 12.3 Å². The van der Waals surface area contributed by atoms with Gasteiger partial charge in [0, 0.05) is 12.0 Å². The molecule has 2 aromatic rings. The summed E-state index contributed by atoms with van der Waals surface area (Å²) in [4.78, 5) is 12.3. The number of amides is 1. The second kappa shape index (κ2) is 5.56. The van der Waals surface area contributed by atoms with Crippen LogP contribution in [0.4, 0.5) is 10.1 Å². The molecule has 0 bridgehead atoms. The average molecular weight is 285 g/mol. The first-order valence-electron chi connectivity index (χ1n) is 6.88. The lowest BCUT2D eigenvalue weighted by atomic mass is 10.1. The molecule has 2 unspecified atom stereocenters. The molecule has 1 amide bonds. The van der Waals surface area contributed by atoms with E-state index in [0.717, 1.165) is 6.42 Å². The Morgan fingerprint density at radius 3 is 2.71 bits per heavy atom. The van der Waals surface area contributed by atoms with E-state index in [1.54, 1.807) is 0 Å². The van der Waals surface area contributed by atoms with E-state index in [0.29, 0.717) is 11.4 Å². The minimum Gasteiger partial charge on any atom is -0.494 e. The van der Waals surface area contributed by atoms with Gasteiger partial charge in [-0.05, 0) is 30.0 Å². The van der Waals surface area contributed by atoms with Crippen LogP contribution in [0, 0.1) is 11.7 Å². The summed E-state index contributed by atoms with van der Waals surface area (Å²) < 4.78 is 18.2. The van der Waals surface area contributed by atoms with Gasteiger partial charge in [-0.3, -0.25) is 4.79 Å². The summed E-state index contributed by atoms with van der Waals surface area (Å²) in [5, 5.41) is 2.82. The normalized spacial score (nSPS) is 19.9. The molecule has 1 fully saturated rings. The maximum absolute atomic E-state index is 13.1. The van der Waals surface area contributed by atoms with Gasteiger partial charge in [0.1, 0.15) is 11.6 Å². The number of hydrogen-bond donors (Lipinski definition) is 1. The number of hydrogen-bond acceptors (Lipinski definition) is 2. The second-order valence-electron chi connectivity index (χ2n) is 5.19. The van der Waals surface area contributed by atoms with Crippen molar-refractivity contribution in [1.82, 2.24) is 0 Å². The molecule has 2 atom stereocenters. The summed E-state index contributed by atoms with van der Waals surface area (Å²) in [6.45, 7) is 0. The van der Waals surface area contributed by atoms with Crippen LogP contribution in [0.25, 0.3) is 0 Å². The summed E-state index contributed by atoms with van der Waals surface area (Å²) in [5.74, 6) is 0.146. The van der Waals surface area contributed by atoms with Crippen molar-refractivity contribution in [2.24, 2.45) is 5.92 Å². The lowest BCUT2D eigenvalue weighted by Crippen LogP contribution is -2.15. The number of anilines is 1. The molecule has 0 aliphatic heterocycles. The Kier molecular flexibility index (Phi) is 3.60. The van der Waals surface area contributed by atoms with Crippen LogP contribution < -0.4 is 10.1 Å². The predicted molar refractivity (Wildman–Crippen MR) is 78.9 cm³/mol. The molecule has 0 spiro atoms. The Bertz CT molecular complexity index is 657. The third-order valence-electron chi connectivity index (χ3n) is 3.78. The zero-order valence-corrected chi connectivity index (χ0v) is 11.7. The van der Waals surface area contributed by atoms with Crippen LogP contribution >= 0.6 is 0 Å². The van der Waals surface area contributed by atoms with Gasteiger partial charge in [0.15, 0.2) is 0 Å². The molecule has 21 heavy (non-hydrogen) atoms. The van der Waals surface area contributed by atoms with Crippen molar-refractivity contribution < 1.29 is 13.9 Å². The molecule has 0 heterocycles. The fraction of sp³-hybridized carbons (Fsp3) is 0.235. The Labute approximate surface area is 122 Å². The molecular formula is C17H16FNO2. The Balaban J connectivity index is 1.69. The zero-order chi connectivity index (χ0) is 14.8. The van der Waals surface area contributed by atoms with Gasteiger partial charge in [-0.25, -0.2) is 4.39 Å². The summed E-state index contributed by atoms with van der Waals surface area (Å²) in [7, 11) is 1.45. The van der Waals surface area contributed by atoms with Crippen molar-refractivity contribution in [1.29, 1.82) is 0 Å². The van der Waals surface area contributed by atoms with Gasteiger partial charge < -0.3 is 10.1 Å². The number of carbonyl (C=O) groups excluding carboxylic acids is 1. The maximum atomic E-state index is 13.1. The first kappa shape index (κ1) is 13.6. The number of rotatable bonds is 4. The van der Waals surface area contributed by atoms with Crippen molar-refractivity contribution in [2.75, 3.05) is 12.4 Å². The monoisotopic (exact) mass is 285 g/mol. The van der Waals surface area contributed by atoms with E-state index in [-0.39, 0.29) is 17.7 Å². The van der Waals surface area contributed by atoms with Gasteiger partial charge in [-0.2, -0.15) is 0 Å². The van der Waals surface area contributed by atoms with E-state index in [2.05, 4.69) is 5.32 Å². The predicted octanol–water partition coefficient (Wildman–Crippen LogP) is 3.58. The van der Waals surface area contributed by atoms with Crippen molar-refractivity contribution in [3.05, 3.63) is 59.9 Å². The first-order valence-corrected chi connectivity index (χ1v) is 6.88. The van der Waals surface area contributed by atoms with Crippen LogP contribution in [-0.2, 0) is 4.79 Å². The lowest BCUT2D eigenvalue weighted by molar-refractivity contribution is -0.117. The molecule has 1 N–H and O–H groups in total. The van der Waals surface area contributed by atoms with Crippen LogP contribution in [0.3, 0.4) is 0 Å². The minimum atomic E-state index is -0.390.